The molecule has 2 N–H and O–H groups in total. The fourth-order valence-electron chi connectivity index (χ4n) is 3.46. The van der Waals surface area contributed by atoms with E-state index in [-0.39, 0.29) is 17.7 Å². The molecule has 1 aromatic heterocycles. The third-order valence-electron chi connectivity index (χ3n) is 4.64. The maximum Gasteiger partial charge on any atom is 0.263 e. The van der Waals surface area contributed by atoms with Crippen LogP contribution in [-0.4, -0.2) is 46.0 Å². The first-order valence-corrected chi connectivity index (χ1v) is 8.09. The van der Waals surface area contributed by atoms with Crippen molar-refractivity contribution in [3.63, 3.8) is 0 Å². The van der Waals surface area contributed by atoms with Crippen LogP contribution in [0.5, 0.6) is 5.75 Å². The molecule has 0 spiro atoms. The Morgan fingerprint density at radius 2 is 2.19 bits per heavy atom. The smallest absolute Gasteiger partial charge is 0.263 e. The van der Waals surface area contributed by atoms with Crippen molar-refractivity contribution >= 4 is 28.3 Å². The number of carbonyl (C=O) groups is 1. The Kier molecular flexibility index (Phi) is 3.08. The third kappa shape index (κ3) is 2.28. The van der Waals surface area contributed by atoms with Gasteiger partial charge in [0.25, 0.3) is 5.91 Å². The highest BCUT2D eigenvalue weighted by Crippen LogP contribution is 2.29. The fraction of sp³-hybridized carbons (Fsp3) is 0.467. The van der Waals surface area contributed by atoms with Crippen LogP contribution in [0.1, 0.15) is 22.5 Å². The summed E-state index contributed by atoms with van der Waals surface area (Å²) in [6.45, 7) is 3.28. The number of hydrogen-bond acceptors (Lipinski definition) is 5. The number of nitrogens with one attached hydrogen (secondary N) is 1. The summed E-state index contributed by atoms with van der Waals surface area (Å²) < 4.78 is 4.28. The number of piperidine rings is 3. The minimum absolute atomic E-state index is 0.0631. The number of phenols is 1. The zero-order valence-corrected chi connectivity index (χ0v) is 12.4. The third-order valence-corrected chi connectivity index (χ3v) is 5.51. The van der Waals surface area contributed by atoms with E-state index in [0.717, 1.165) is 30.5 Å². The minimum Gasteiger partial charge on any atom is -0.508 e. The van der Waals surface area contributed by atoms with Gasteiger partial charge in [0.05, 0.1) is 5.52 Å². The van der Waals surface area contributed by atoms with Gasteiger partial charge in [-0.3, -0.25) is 4.79 Å². The summed E-state index contributed by atoms with van der Waals surface area (Å²) in [5, 5.41) is 13.5. The molecule has 2 aromatic rings. The van der Waals surface area contributed by atoms with Crippen molar-refractivity contribution in [2.45, 2.75) is 18.9 Å². The number of benzene rings is 1. The summed E-state index contributed by atoms with van der Waals surface area (Å²) in [5.41, 5.74) is 0.761. The Labute approximate surface area is 126 Å². The highest BCUT2D eigenvalue weighted by molar-refractivity contribution is 7.09. The summed E-state index contributed by atoms with van der Waals surface area (Å²) in [6.07, 6.45) is 2.35. The van der Waals surface area contributed by atoms with Gasteiger partial charge in [0.1, 0.15) is 10.6 Å². The van der Waals surface area contributed by atoms with E-state index in [1.165, 1.54) is 24.4 Å². The molecule has 3 aliphatic heterocycles. The molecular weight excluding hydrogens is 286 g/mol. The maximum absolute atomic E-state index is 12.5. The Bertz CT molecular complexity index is 691. The number of carbonyl (C=O) groups excluding carboxylic acids is 1. The predicted molar refractivity (Wildman–Crippen MR) is 81.7 cm³/mol. The molecule has 1 amide bonds. The van der Waals surface area contributed by atoms with E-state index in [2.05, 4.69) is 14.6 Å². The molecule has 1 aromatic carbocycles. The Balaban J connectivity index is 1.57. The van der Waals surface area contributed by atoms with Crippen LogP contribution in [0.4, 0.5) is 0 Å². The first kappa shape index (κ1) is 13.0. The Morgan fingerprint density at radius 3 is 2.90 bits per heavy atom. The average Bonchev–Trinajstić information content (AvgIpc) is 2.91. The van der Waals surface area contributed by atoms with Crippen molar-refractivity contribution in [3.05, 3.63) is 23.1 Å². The van der Waals surface area contributed by atoms with Gasteiger partial charge in [0.15, 0.2) is 0 Å². The monoisotopic (exact) mass is 303 g/mol. The lowest BCUT2D eigenvalue weighted by molar-refractivity contribution is 0.0623. The standard InChI is InChI=1S/C15H17N3O2S/c19-10-1-2-12-11(7-10)14(21-17-12)15(20)16-13-8-18-5-3-9(13)4-6-18/h1-2,7,9,13,19H,3-6,8H2,(H,16,20)/t13-/m1/s1. The van der Waals surface area contributed by atoms with Gasteiger partial charge in [-0.25, -0.2) is 0 Å². The minimum atomic E-state index is -0.0631. The molecule has 3 saturated heterocycles. The second-order valence-corrected chi connectivity index (χ2v) is 6.70. The number of aromatic hydroxyl groups is 1. The van der Waals surface area contributed by atoms with Crippen molar-refractivity contribution in [2.24, 2.45) is 5.92 Å². The van der Waals surface area contributed by atoms with E-state index >= 15 is 0 Å². The van der Waals surface area contributed by atoms with Crippen molar-refractivity contribution in [1.82, 2.24) is 14.6 Å². The van der Waals surface area contributed by atoms with Gasteiger partial charge in [-0.2, -0.15) is 4.37 Å². The van der Waals surface area contributed by atoms with Crippen molar-refractivity contribution < 1.29 is 9.90 Å². The number of rotatable bonds is 2. The zero-order valence-electron chi connectivity index (χ0n) is 11.6. The van der Waals surface area contributed by atoms with Gasteiger partial charge >= 0.3 is 0 Å². The summed E-state index contributed by atoms with van der Waals surface area (Å²) in [5.74, 6) is 0.706. The van der Waals surface area contributed by atoms with Crippen molar-refractivity contribution in [3.8, 4) is 5.75 Å². The maximum atomic E-state index is 12.5. The lowest BCUT2D eigenvalue weighted by atomic mass is 9.84. The molecule has 3 aliphatic rings. The van der Waals surface area contributed by atoms with E-state index < -0.39 is 0 Å². The largest absolute Gasteiger partial charge is 0.508 e. The van der Waals surface area contributed by atoms with Gasteiger partial charge in [0.2, 0.25) is 0 Å². The second-order valence-electron chi connectivity index (χ2n) is 5.93. The Hall–Kier alpha value is -1.66. The van der Waals surface area contributed by atoms with Crippen LogP contribution in [0.3, 0.4) is 0 Å². The fourth-order valence-corrected chi connectivity index (χ4v) is 4.21. The topological polar surface area (TPSA) is 65.5 Å². The second kappa shape index (κ2) is 4.96. The molecule has 5 nitrogen and oxygen atoms in total. The van der Waals surface area contributed by atoms with E-state index in [4.69, 9.17) is 0 Å². The van der Waals surface area contributed by atoms with Crippen molar-refractivity contribution in [2.75, 3.05) is 19.6 Å². The molecule has 4 heterocycles. The Morgan fingerprint density at radius 1 is 1.38 bits per heavy atom. The average molecular weight is 303 g/mol. The zero-order chi connectivity index (χ0) is 14.4. The van der Waals surface area contributed by atoms with E-state index in [1.807, 2.05) is 0 Å². The molecule has 3 fully saturated rings. The van der Waals surface area contributed by atoms with Gasteiger partial charge in [-0.1, -0.05) is 0 Å². The number of hydrogen-bond donors (Lipinski definition) is 2. The van der Waals surface area contributed by atoms with Crippen LogP contribution in [0.2, 0.25) is 0 Å². The van der Waals surface area contributed by atoms with Crippen LogP contribution in [0, 0.1) is 5.92 Å². The highest BCUT2D eigenvalue weighted by atomic mass is 32.1. The van der Waals surface area contributed by atoms with Gasteiger partial charge < -0.3 is 15.3 Å². The molecule has 0 aliphatic carbocycles. The van der Waals surface area contributed by atoms with E-state index in [1.54, 1.807) is 18.2 Å². The quantitative estimate of drug-likeness (QED) is 0.888. The molecular formula is C15H17N3O2S. The van der Waals surface area contributed by atoms with Gasteiger partial charge in [-0.15, -0.1) is 0 Å². The molecule has 0 saturated carbocycles. The van der Waals surface area contributed by atoms with E-state index in [0.29, 0.717) is 10.8 Å². The highest BCUT2D eigenvalue weighted by Gasteiger charge is 2.35. The first-order chi connectivity index (χ1) is 10.2. The van der Waals surface area contributed by atoms with Crippen LogP contribution >= 0.6 is 11.5 Å². The van der Waals surface area contributed by atoms with Crippen LogP contribution in [-0.2, 0) is 0 Å². The van der Waals surface area contributed by atoms with Gasteiger partial charge in [-0.05, 0) is 61.6 Å². The summed E-state index contributed by atoms with van der Waals surface area (Å²) in [6, 6.07) is 5.20. The van der Waals surface area contributed by atoms with Crippen LogP contribution in [0.25, 0.3) is 10.9 Å². The molecule has 1 atom stereocenters. The SMILES string of the molecule is O=C(N[C@@H]1CN2CCC1CC2)c1snc2ccc(O)cc12. The van der Waals surface area contributed by atoms with E-state index in [9.17, 15) is 9.90 Å². The van der Waals surface area contributed by atoms with Gasteiger partial charge in [0, 0.05) is 18.0 Å². The van der Waals surface area contributed by atoms with Crippen molar-refractivity contribution in [1.29, 1.82) is 0 Å². The molecule has 0 radical (unpaired) electrons. The molecule has 6 heteroatoms. The molecule has 21 heavy (non-hydrogen) atoms. The summed E-state index contributed by atoms with van der Waals surface area (Å²) >= 11 is 1.20. The number of aromatic nitrogens is 1. The number of phenolic OH excluding ortho intramolecular Hbond substituents is 1. The summed E-state index contributed by atoms with van der Waals surface area (Å²) in [4.78, 5) is 15.5. The van der Waals surface area contributed by atoms with Crippen LogP contribution < -0.4 is 5.32 Å². The first-order valence-electron chi connectivity index (χ1n) is 7.32. The number of nitrogens with zero attached hydrogens (tertiary/aromatic N) is 2. The summed E-state index contributed by atoms with van der Waals surface area (Å²) in [7, 11) is 0. The molecule has 2 bridgehead atoms. The molecule has 5 rings (SSSR count). The number of amides is 1. The molecule has 110 valence electrons. The predicted octanol–water partition coefficient (Wildman–Crippen LogP) is 1.83. The number of fused-ring (bicyclic) bond motifs is 4. The molecule has 0 unspecified atom stereocenters. The van der Waals surface area contributed by atoms with Crippen LogP contribution in [0.15, 0.2) is 18.2 Å². The normalized spacial score (nSPS) is 27.9. The lowest BCUT2D eigenvalue weighted by Crippen LogP contribution is -2.57. The lowest BCUT2D eigenvalue weighted by Gasteiger charge is -2.44.